The first kappa shape index (κ1) is 15.5. The van der Waals surface area contributed by atoms with E-state index in [1.807, 2.05) is 44.2 Å². The lowest BCUT2D eigenvalue weighted by molar-refractivity contribution is -0.118. The summed E-state index contributed by atoms with van der Waals surface area (Å²) < 4.78 is 14.1. The zero-order valence-electron chi connectivity index (χ0n) is 13.4. The van der Waals surface area contributed by atoms with Gasteiger partial charge in [0.25, 0.3) is 0 Å². The maximum Gasteiger partial charge on any atom is 0.247 e. The van der Waals surface area contributed by atoms with Crippen LogP contribution >= 0.6 is 0 Å². The monoisotopic (exact) mass is 309 g/mol. The Morgan fingerprint density at radius 2 is 1.87 bits per heavy atom. The fraction of sp³-hybridized carbons (Fsp3) is 0.250. The summed E-state index contributed by atoms with van der Waals surface area (Å²) >= 11 is 0. The fourth-order valence-corrected chi connectivity index (χ4v) is 2.92. The molecule has 3 rings (SSSR count). The summed E-state index contributed by atoms with van der Waals surface area (Å²) in [5.74, 6) is -0.328. The number of hydrogen-bond donors (Lipinski definition) is 1. The molecule has 2 aromatic carbocycles. The smallest absolute Gasteiger partial charge is 0.247 e. The van der Waals surface area contributed by atoms with Crippen LogP contribution < -0.4 is 5.32 Å². The number of carbonyl (C=O) groups is 1. The van der Waals surface area contributed by atoms with Gasteiger partial charge < -0.3 is 5.32 Å². The van der Waals surface area contributed by atoms with Gasteiger partial charge in [0.15, 0.2) is 0 Å². The topological polar surface area (TPSA) is 29.1 Å². The number of nitrogens with one attached hydrogen (secondary N) is 1. The Hall–Kier alpha value is -2.42. The van der Waals surface area contributed by atoms with Crippen molar-refractivity contribution in [3.8, 4) is 11.1 Å². The summed E-state index contributed by atoms with van der Waals surface area (Å²) in [6.07, 6.45) is 3.49. The third-order valence-electron chi connectivity index (χ3n) is 4.31. The van der Waals surface area contributed by atoms with Gasteiger partial charge in [-0.15, -0.1) is 0 Å². The summed E-state index contributed by atoms with van der Waals surface area (Å²) in [5, 5.41) is 2.84. The second-order valence-electron chi connectivity index (χ2n) is 6.06. The normalized spacial score (nSPS) is 16.5. The molecule has 0 aromatic heterocycles. The highest BCUT2D eigenvalue weighted by Gasteiger charge is 2.15. The SMILES string of the molecule is Cc1ccc(-c2cc(F)cc(/C=C3\CCCNC3=O)c2C)cc1. The van der Waals surface area contributed by atoms with E-state index < -0.39 is 0 Å². The lowest BCUT2D eigenvalue weighted by Crippen LogP contribution is -2.30. The van der Waals surface area contributed by atoms with Crippen molar-refractivity contribution in [2.75, 3.05) is 6.54 Å². The summed E-state index contributed by atoms with van der Waals surface area (Å²) in [6, 6.07) is 11.1. The summed E-state index contributed by atoms with van der Waals surface area (Å²) in [6.45, 7) is 4.72. The zero-order chi connectivity index (χ0) is 16.4. The molecule has 23 heavy (non-hydrogen) atoms. The molecule has 2 aromatic rings. The highest BCUT2D eigenvalue weighted by molar-refractivity contribution is 5.98. The fourth-order valence-electron chi connectivity index (χ4n) is 2.92. The molecule has 1 aliphatic rings. The molecule has 3 heteroatoms. The Labute approximate surface area is 136 Å². The lowest BCUT2D eigenvalue weighted by Gasteiger charge is -2.16. The van der Waals surface area contributed by atoms with Gasteiger partial charge in [-0.05, 0) is 67.2 Å². The second kappa shape index (κ2) is 6.37. The molecule has 1 heterocycles. The molecule has 1 aliphatic heterocycles. The number of aryl methyl sites for hydroxylation is 1. The molecular weight excluding hydrogens is 289 g/mol. The molecule has 1 amide bonds. The van der Waals surface area contributed by atoms with E-state index in [1.165, 1.54) is 11.6 Å². The van der Waals surface area contributed by atoms with Crippen LogP contribution in [0, 0.1) is 19.7 Å². The Kier molecular flexibility index (Phi) is 4.28. The van der Waals surface area contributed by atoms with E-state index in [-0.39, 0.29) is 11.7 Å². The van der Waals surface area contributed by atoms with Crippen LogP contribution in [0.3, 0.4) is 0 Å². The van der Waals surface area contributed by atoms with Crippen molar-refractivity contribution in [3.05, 3.63) is 64.5 Å². The molecule has 118 valence electrons. The van der Waals surface area contributed by atoms with Gasteiger partial charge in [0, 0.05) is 12.1 Å². The molecule has 0 atom stereocenters. The van der Waals surface area contributed by atoms with Crippen molar-refractivity contribution in [1.29, 1.82) is 0 Å². The molecular formula is C20H20FNO. The molecule has 0 aliphatic carbocycles. The van der Waals surface area contributed by atoms with Gasteiger partial charge in [0.05, 0.1) is 0 Å². The number of halogens is 1. The van der Waals surface area contributed by atoms with Crippen LogP contribution in [0.25, 0.3) is 17.2 Å². The Morgan fingerprint density at radius 3 is 2.57 bits per heavy atom. The first-order valence-electron chi connectivity index (χ1n) is 7.90. The van der Waals surface area contributed by atoms with E-state index in [1.54, 1.807) is 6.07 Å². The quantitative estimate of drug-likeness (QED) is 0.818. The minimum Gasteiger partial charge on any atom is -0.352 e. The zero-order valence-corrected chi connectivity index (χ0v) is 13.4. The van der Waals surface area contributed by atoms with Crippen LogP contribution in [0.15, 0.2) is 42.0 Å². The predicted molar refractivity (Wildman–Crippen MR) is 91.5 cm³/mol. The summed E-state index contributed by atoms with van der Waals surface area (Å²) in [7, 11) is 0. The van der Waals surface area contributed by atoms with Crippen LogP contribution in [0.1, 0.15) is 29.5 Å². The molecule has 0 saturated carbocycles. The van der Waals surface area contributed by atoms with Crippen molar-refractivity contribution in [2.45, 2.75) is 26.7 Å². The highest BCUT2D eigenvalue weighted by atomic mass is 19.1. The van der Waals surface area contributed by atoms with Gasteiger partial charge in [-0.1, -0.05) is 29.8 Å². The third kappa shape index (κ3) is 3.34. The molecule has 0 radical (unpaired) electrons. The Bertz CT molecular complexity index is 775. The molecule has 0 unspecified atom stereocenters. The molecule has 1 N–H and O–H groups in total. The van der Waals surface area contributed by atoms with Gasteiger partial charge in [0.2, 0.25) is 5.91 Å². The largest absolute Gasteiger partial charge is 0.352 e. The van der Waals surface area contributed by atoms with Gasteiger partial charge in [-0.25, -0.2) is 4.39 Å². The minimum atomic E-state index is -0.283. The molecule has 0 bridgehead atoms. The van der Waals surface area contributed by atoms with Gasteiger partial charge in [0.1, 0.15) is 5.82 Å². The maximum absolute atomic E-state index is 14.1. The van der Waals surface area contributed by atoms with Gasteiger partial charge >= 0.3 is 0 Å². The van der Waals surface area contributed by atoms with Gasteiger partial charge in [-0.3, -0.25) is 4.79 Å². The number of benzene rings is 2. The predicted octanol–water partition coefficient (Wildman–Crippen LogP) is 4.40. The number of carbonyl (C=O) groups excluding carboxylic acids is 1. The van der Waals surface area contributed by atoms with Crippen molar-refractivity contribution in [1.82, 2.24) is 5.32 Å². The van der Waals surface area contributed by atoms with Crippen molar-refractivity contribution < 1.29 is 9.18 Å². The van der Waals surface area contributed by atoms with Gasteiger partial charge in [-0.2, -0.15) is 0 Å². The van der Waals surface area contributed by atoms with E-state index in [0.29, 0.717) is 6.54 Å². The standard InChI is InChI=1S/C20H20FNO/c1-13-5-7-15(8-6-13)19-12-18(21)11-17(14(19)2)10-16-4-3-9-22-20(16)23/h5-8,10-12H,3-4,9H2,1-2H3,(H,22,23)/b16-10+. The highest BCUT2D eigenvalue weighted by Crippen LogP contribution is 2.29. The van der Waals surface area contributed by atoms with E-state index in [2.05, 4.69) is 5.32 Å². The number of amides is 1. The number of rotatable bonds is 2. The van der Waals surface area contributed by atoms with Crippen molar-refractivity contribution in [3.63, 3.8) is 0 Å². The summed E-state index contributed by atoms with van der Waals surface area (Å²) in [4.78, 5) is 11.9. The van der Waals surface area contributed by atoms with E-state index in [0.717, 1.165) is 40.7 Å². The van der Waals surface area contributed by atoms with Crippen LogP contribution in [0.2, 0.25) is 0 Å². The first-order chi connectivity index (χ1) is 11.0. The summed E-state index contributed by atoms with van der Waals surface area (Å²) in [5.41, 5.74) is 5.51. The lowest BCUT2D eigenvalue weighted by atomic mass is 9.93. The van der Waals surface area contributed by atoms with E-state index in [4.69, 9.17) is 0 Å². The molecule has 1 saturated heterocycles. The van der Waals surface area contributed by atoms with Crippen LogP contribution in [-0.4, -0.2) is 12.5 Å². The van der Waals surface area contributed by atoms with Crippen LogP contribution in [-0.2, 0) is 4.79 Å². The molecule has 0 spiro atoms. The van der Waals surface area contributed by atoms with Crippen molar-refractivity contribution in [2.24, 2.45) is 0 Å². The maximum atomic E-state index is 14.1. The van der Waals surface area contributed by atoms with Crippen LogP contribution in [0.5, 0.6) is 0 Å². The third-order valence-corrected chi connectivity index (χ3v) is 4.31. The Balaban J connectivity index is 2.07. The number of hydrogen-bond acceptors (Lipinski definition) is 1. The average Bonchev–Trinajstić information content (AvgIpc) is 2.53. The second-order valence-corrected chi connectivity index (χ2v) is 6.06. The molecule has 1 fully saturated rings. The molecule has 2 nitrogen and oxygen atoms in total. The number of piperidine rings is 1. The minimum absolute atomic E-state index is 0.0446. The average molecular weight is 309 g/mol. The Morgan fingerprint density at radius 1 is 1.13 bits per heavy atom. The van der Waals surface area contributed by atoms with E-state index >= 15 is 0 Å². The first-order valence-corrected chi connectivity index (χ1v) is 7.90. The van der Waals surface area contributed by atoms with E-state index in [9.17, 15) is 9.18 Å². The van der Waals surface area contributed by atoms with Crippen molar-refractivity contribution >= 4 is 12.0 Å². The van der Waals surface area contributed by atoms with Crippen LogP contribution in [0.4, 0.5) is 4.39 Å².